The Balaban J connectivity index is 0. The summed E-state index contributed by atoms with van der Waals surface area (Å²) in [5.41, 5.74) is 0. The molecule has 0 aliphatic rings. The number of aliphatic carboxylic acids is 1. The molecule has 0 heterocycles. The van der Waals surface area contributed by atoms with Crippen molar-refractivity contribution in [2.45, 2.75) is 6.92 Å². The van der Waals surface area contributed by atoms with Gasteiger partial charge in [0.15, 0.2) is 0 Å². The van der Waals surface area contributed by atoms with Crippen LogP contribution in [0.3, 0.4) is 0 Å². The zero-order valence-electron chi connectivity index (χ0n) is 6.16. The number of carboxylic acids is 1. The van der Waals surface area contributed by atoms with E-state index in [4.69, 9.17) is 0 Å². The maximum absolute atomic E-state index is 9.91. The topological polar surface area (TPSA) is 60.4 Å². The number of likely N-dealkylation sites (N-methyl/N-ethyl adjacent to an activating group) is 1. The molecule has 0 bridgehead atoms. The van der Waals surface area contributed by atoms with Crippen LogP contribution in [0.4, 0.5) is 0 Å². The minimum atomic E-state index is -1.23. The van der Waals surface area contributed by atoms with Gasteiger partial charge >= 0.3 is 29.6 Å². The molecule has 0 atom stereocenters. The fourth-order valence-corrected chi connectivity index (χ4v) is 0.389. The van der Waals surface area contributed by atoms with E-state index in [0.717, 1.165) is 4.90 Å². The number of hydrogen-bond donors (Lipinski definition) is 0. The molecule has 0 saturated carbocycles. The minimum absolute atomic E-state index is 0. The number of hydrogen-bond acceptors (Lipinski definition) is 3. The average Bonchev–Trinajstić information content (AvgIpc) is 1.82. The zero-order chi connectivity index (χ0) is 7.28. The van der Waals surface area contributed by atoms with Crippen LogP contribution < -0.4 is 34.7 Å². The number of carbonyl (C=O) groups is 2. The smallest absolute Gasteiger partial charge is 0.548 e. The Hall–Kier alpha value is -0.0600. The van der Waals surface area contributed by atoms with Gasteiger partial charge in [-0.05, 0) is 6.92 Å². The van der Waals surface area contributed by atoms with Gasteiger partial charge in [0.2, 0.25) is 6.41 Å². The molecular formula is C5H8NNaO3. The second kappa shape index (κ2) is 7.05. The van der Waals surface area contributed by atoms with Crippen molar-refractivity contribution in [2.75, 3.05) is 13.1 Å². The first-order valence-electron chi connectivity index (χ1n) is 2.60. The minimum Gasteiger partial charge on any atom is -0.548 e. The van der Waals surface area contributed by atoms with Crippen LogP contribution in [0.2, 0.25) is 0 Å². The molecule has 0 fully saturated rings. The van der Waals surface area contributed by atoms with E-state index in [1.165, 1.54) is 0 Å². The van der Waals surface area contributed by atoms with Crippen LogP contribution in [0.5, 0.6) is 0 Å². The second-order valence-electron chi connectivity index (χ2n) is 1.54. The third-order valence-corrected chi connectivity index (χ3v) is 0.887. The Bertz CT molecular complexity index is 117. The summed E-state index contributed by atoms with van der Waals surface area (Å²) in [5, 5.41) is 9.82. The molecule has 4 nitrogen and oxygen atoms in total. The van der Waals surface area contributed by atoms with Crippen molar-refractivity contribution in [3.05, 3.63) is 0 Å². The summed E-state index contributed by atoms with van der Waals surface area (Å²) < 4.78 is 0. The SMILES string of the molecule is CCN(C=O)CC(=O)[O-].[Na+]. The number of carboxylic acid groups (broad SMARTS) is 1. The largest absolute Gasteiger partial charge is 1.00 e. The first-order chi connectivity index (χ1) is 4.20. The van der Waals surface area contributed by atoms with Crippen molar-refractivity contribution in [1.29, 1.82) is 0 Å². The van der Waals surface area contributed by atoms with Crippen LogP contribution in [-0.2, 0) is 9.59 Å². The van der Waals surface area contributed by atoms with E-state index in [1.54, 1.807) is 6.92 Å². The van der Waals surface area contributed by atoms with Crippen LogP contribution in [0.15, 0.2) is 0 Å². The van der Waals surface area contributed by atoms with Gasteiger partial charge in [-0.1, -0.05) is 0 Å². The normalized spacial score (nSPS) is 7.70. The van der Waals surface area contributed by atoms with E-state index < -0.39 is 5.97 Å². The van der Waals surface area contributed by atoms with Crippen LogP contribution in [-0.4, -0.2) is 30.4 Å². The van der Waals surface area contributed by atoms with Crippen molar-refractivity contribution < 1.29 is 44.3 Å². The van der Waals surface area contributed by atoms with Crippen LogP contribution in [0.1, 0.15) is 6.92 Å². The molecule has 0 unspecified atom stereocenters. The first kappa shape index (κ1) is 12.6. The van der Waals surface area contributed by atoms with Crippen LogP contribution in [0, 0.1) is 0 Å². The molecule has 0 spiro atoms. The Morgan fingerprint density at radius 1 is 1.70 bits per heavy atom. The van der Waals surface area contributed by atoms with Gasteiger partial charge in [0.05, 0.1) is 12.5 Å². The van der Waals surface area contributed by atoms with Crippen molar-refractivity contribution in [3.63, 3.8) is 0 Å². The van der Waals surface area contributed by atoms with E-state index in [1.807, 2.05) is 0 Å². The first-order valence-corrected chi connectivity index (χ1v) is 2.60. The van der Waals surface area contributed by atoms with E-state index in [2.05, 4.69) is 0 Å². The number of amides is 1. The Labute approximate surface area is 81.5 Å². The Kier molecular flexibility index (Phi) is 8.89. The summed E-state index contributed by atoms with van der Waals surface area (Å²) in [6.07, 6.45) is 0.482. The fourth-order valence-electron chi connectivity index (χ4n) is 0.389. The van der Waals surface area contributed by atoms with Gasteiger partial charge in [0.25, 0.3) is 0 Å². The molecule has 0 N–H and O–H groups in total. The molecule has 0 radical (unpaired) electrons. The summed E-state index contributed by atoms with van der Waals surface area (Å²) in [6, 6.07) is 0. The fraction of sp³-hybridized carbons (Fsp3) is 0.600. The number of nitrogens with zero attached hydrogens (tertiary/aromatic N) is 1. The van der Waals surface area contributed by atoms with E-state index in [9.17, 15) is 14.7 Å². The van der Waals surface area contributed by atoms with E-state index >= 15 is 0 Å². The van der Waals surface area contributed by atoms with Crippen molar-refractivity contribution in [2.24, 2.45) is 0 Å². The summed E-state index contributed by atoms with van der Waals surface area (Å²) in [4.78, 5) is 20.8. The Morgan fingerprint density at radius 2 is 2.20 bits per heavy atom. The molecule has 0 aliphatic carbocycles. The van der Waals surface area contributed by atoms with Crippen LogP contribution >= 0.6 is 0 Å². The summed E-state index contributed by atoms with van der Waals surface area (Å²) in [6.45, 7) is 1.77. The summed E-state index contributed by atoms with van der Waals surface area (Å²) >= 11 is 0. The zero-order valence-corrected chi connectivity index (χ0v) is 8.16. The van der Waals surface area contributed by atoms with Gasteiger partial charge in [-0.25, -0.2) is 0 Å². The molecule has 0 saturated heterocycles. The van der Waals surface area contributed by atoms with E-state index in [0.29, 0.717) is 13.0 Å². The monoisotopic (exact) mass is 153 g/mol. The Morgan fingerprint density at radius 3 is 2.30 bits per heavy atom. The van der Waals surface area contributed by atoms with Crippen molar-refractivity contribution in [1.82, 2.24) is 4.90 Å². The molecule has 0 aromatic heterocycles. The van der Waals surface area contributed by atoms with Gasteiger partial charge in [0.1, 0.15) is 0 Å². The molecule has 1 amide bonds. The quantitative estimate of drug-likeness (QED) is 0.301. The third-order valence-electron chi connectivity index (χ3n) is 0.887. The van der Waals surface area contributed by atoms with Gasteiger partial charge in [-0.3, -0.25) is 4.79 Å². The van der Waals surface area contributed by atoms with E-state index in [-0.39, 0.29) is 36.1 Å². The van der Waals surface area contributed by atoms with Gasteiger partial charge in [0, 0.05) is 6.54 Å². The number of carbonyl (C=O) groups excluding carboxylic acids is 2. The van der Waals surface area contributed by atoms with Crippen LogP contribution in [0.25, 0.3) is 0 Å². The molecule has 5 heteroatoms. The van der Waals surface area contributed by atoms with Gasteiger partial charge in [-0.15, -0.1) is 0 Å². The summed E-state index contributed by atoms with van der Waals surface area (Å²) in [7, 11) is 0. The molecule has 0 aliphatic heterocycles. The molecule has 0 aromatic rings. The number of rotatable bonds is 4. The maximum atomic E-state index is 9.91. The average molecular weight is 153 g/mol. The van der Waals surface area contributed by atoms with Gasteiger partial charge < -0.3 is 14.8 Å². The van der Waals surface area contributed by atoms with Crippen molar-refractivity contribution >= 4 is 12.4 Å². The predicted molar refractivity (Wildman–Crippen MR) is 28.3 cm³/mol. The maximum Gasteiger partial charge on any atom is 1.00 e. The molecular weight excluding hydrogens is 145 g/mol. The third kappa shape index (κ3) is 6.07. The standard InChI is InChI=1S/C5H9NO3.Na/c1-2-6(4-7)3-5(8)9;/h4H,2-3H2,1H3,(H,8,9);/q;+1/p-1. The van der Waals surface area contributed by atoms with Gasteiger partial charge in [-0.2, -0.15) is 0 Å². The molecule has 10 heavy (non-hydrogen) atoms. The molecule has 0 aromatic carbocycles. The second-order valence-corrected chi connectivity index (χ2v) is 1.54. The molecule has 0 rings (SSSR count). The molecule has 52 valence electrons. The summed E-state index contributed by atoms with van der Waals surface area (Å²) in [5.74, 6) is -1.23. The van der Waals surface area contributed by atoms with Crippen molar-refractivity contribution in [3.8, 4) is 0 Å². The predicted octanol–water partition coefficient (Wildman–Crippen LogP) is -4.78.